The predicted molar refractivity (Wildman–Crippen MR) is 75.3 cm³/mol. The maximum absolute atomic E-state index is 12.0. The number of nitrogens with one attached hydrogen (secondary N) is 1. The summed E-state index contributed by atoms with van der Waals surface area (Å²) in [6.07, 6.45) is 2.20. The van der Waals surface area contributed by atoms with Crippen LogP contribution in [0, 0.1) is 0 Å². The smallest absolute Gasteiger partial charge is 0.326 e. The number of carbonyl (C=O) groups excluding carboxylic acids is 1. The predicted octanol–water partition coefficient (Wildman–Crippen LogP) is 1.95. The van der Waals surface area contributed by atoms with E-state index in [2.05, 4.69) is 11.9 Å². The van der Waals surface area contributed by atoms with Crippen molar-refractivity contribution in [3.05, 3.63) is 42.5 Å². The van der Waals surface area contributed by atoms with E-state index in [4.69, 9.17) is 9.47 Å². The third kappa shape index (κ3) is 3.83. The quantitative estimate of drug-likeness (QED) is 0.603. The van der Waals surface area contributed by atoms with E-state index in [1.165, 1.54) is 7.11 Å². The third-order valence-corrected chi connectivity index (χ3v) is 3.01. The summed E-state index contributed by atoms with van der Waals surface area (Å²) in [5.74, 6) is 0.457. The second-order valence-corrected chi connectivity index (χ2v) is 4.48. The maximum Gasteiger partial charge on any atom is 0.326 e. The standard InChI is InChI=1S/C15H21NO3/c1-5-10-16-15(2,14(17)19-4)11-12-8-6-7-9-13(12)18-3/h5-9,16H,1,10-11H2,2-4H3. The van der Waals surface area contributed by atoms with Crippen LogP contribution in [0.3, 0.4) is 0 Å². The molecule has 1 rings (SSSR count). The minimum absolute atomic E-state index is 0.305. The normalized spacial score (nSPS) is 13.4. The van der Waals surface area contributed by atoms with Crippen molar-refractivity contribution >= 4 is 5.97 Å². The van der Waals surface area contributed by atoms with E-state index in [-0.39, 0.29) is 5.97 Å². The van der Waals surface area contributed by atoms with Gasteiger partial charge in [-0.15, -0.1) is 6.58 Å². The largest absolute Gasteiger partial charge is 0.496 e. The van der Waals surface area contributed by atoms with E-state index in [1.54, 1.807) is 13.2 Å². The Morgan fingerprint density at radius 3 is 2.68 bits per heavy atom. The first kappa shape index (κ1) is 15.2. The van der Waals surface area contributed by atoms with Crippen molar-refractivity contribution < 1.29 is 14.3 Å². The summed E-state index contributed by atoms with van der Waals surface area (Å²) in [6, 6.07) is 7.63. The van der Waals surface area contributed by atoms with Crippen molar-refractivity contribution in [1.82, 2.24) is 5.32 Å². The highest BCUT2D eigenvalue weighted by Gasteiger charge is 2.34. The lowest BCUT2D eigenvalue weighted by Crippen LogP contribution is -2.52. The van der Waals surface area contributed by atoms with Crippen molar-refractivity contribution in [3.63, 3.8) is 0 Å². The molecule has 4 heteroatoms. The molecule has 0 saturated heterocycles. The van der Waals surface area contributed by atoms with Gasteiger partial charge >= 0.3 is 5.97 Å². The molecule has 0 aromatic heterocycles. The molecule has 104 valence electrons. The molecule has 1 aromatic carbocycles. The zero-order valence-corrected chi connectivity index (χ0v) is 11.7. The summed E-state index contributed by atoms with van der Waals surface area (Å²) in [6.45, 7) is 5.99. The monoisotopic (exact) mass is 263 g/mol. The zero-order chi connectivity index (χ0) is 14.3. The summed E-state index contributed by atoms with van der Waals surface area (Å²) < 4.78 is 10.2. The molecule has 0 heterocycles. The second kappa shape index (κ2) is 6.95. The molecule has 0 fully saturated rings. The number of para-hydroxylation sites is 1. The Hall–Kier alpha value is -1.81. The molecular formula is C15H21NO3. The van der Waals surface area contributed by atoms with Gasteiger partial charge in [-0.05, 0) is 18.6 Å². The highest BCUT2D eigenvalue weighted by atomic mass is 16.5. The molecule has 0 aliphatic rings. The molecule has 19 heavy (non-hydrogen) atoms. The fraction of sp³-hybridized carbons (Fsp3) is 0.400. The Morgan fingerprint density at radius 1 is 1.42 bits per heavy atom. The van der Waals surface area contributed by atoms with Crippen molar-refractivity contribution in [1.29, 1.82) is 0 Å². The molecule has 0 saturated carbocycles. The van der Waals surface area contributed by atoms with Gasteiger partial charge in [-0.1, -0.05) is 24.3 Å². The molecule has 1 aromatic rings. The number of ether oxygens (including phenoxy) is 2. The molecule has 1 N–H and O–H groups in total. The van der Waals surface area contributed by atoms with Gasteiger partial charge in [0.25, 0.3) is 0 Å². The third-order valence-electron chi connectivity index (χ3n) is 3.01. The lowest BCUT2D eigenvalue weighted by atomic mass is 9.92. The van der Waals surface area contributed by atoms with Gasteiger partial charge in [-0.3, -0.25) is 10.1 Å². The number of hydrogen-bond acceptors (Lipinski definition) is 4. The van der Waals surface area contributed by atoms with E-state index in [1.807, 2.05) is 31.2 Å². The summed E-state index contributed by atoms with van der Waals surface area (Å²) >= 11 is 0. The fourth-order valence-electron chi connectivity index (χ4n) is 1.96. The Kier molecular flexibility index (Phi) is 5.57. The van der Waals surface area contributed by atoms with Crippen molar-refractivity contribution in [2.75, 3.05) is 20.8 Å². The van der Waals surface area contributed by atoms with E-state index in [9.17, 15) is 4.79 Å². The Balaban J connectivity index is 2.99. The topological polar surface area (TPSA) is 47.6 Å². The van der Waals surface area contributed by atoms with Gasteiger partial charge in [0, 0.05) is 13.0 Å². The molecule has 0 radical (unpaired) electrons. The van der Waals surface area contributed by atoms with Gasteiger partial charge in [0.2, 0.25) is 0 Å². The lowest BCUT2D eigenvalue weighted by molar-refractivity contribution is -0.147. The number of methoxy groups -OCH3 is 2. The van der Waals surface area contributed by atoms with Crippen molar-refractivity contribution in [3.8, 4) is 5.75 Å². The van der Waals surface area contributed by atoms with E-state index in [0.29, 0.717) is 13.0 Å². The Bertz CT molecular complexity index is 445. The highest BCUT2D eigenvalue weighted by molar-refractivity contribution is 5.80. The van der Waals surface area contributed by atoms with Crippen LogP contribution >= 0.6 is 0 Å². The number of rotatable bonds is 7. The summed E-state index contributed by atoms with van der Waals surface area (Å²) in [4.78, 5) is 12.0. The number of benzene rings is 1. The average Bonchev–Trinajstić information content (AvgIpc) is 2.44. The number of carbonyl (C=O) groups is 1. The van der Waals surface area contributed by atoms with Crippen molar-refractivity contribution in [2.24, 2.45) is 0 Å². The van der Waals surface area contributed by atoms with E-state index < -0.39 is 5.54 Å². The Labute approximate surface area is 114 Å². The Morgan fingerprint density at radius 2 is 2.11 bits per heavy atom. The van der Waals surface area contributed by atoms with E-state index in [0.717, 1.165) is 11.3 Å². The van der Waals surface area contributed by atoms with Crippen molar-refractivity contribution in [2.45, 2.75) is 18.9 Å². The van der Waals surface area contributed by atoms with Crippen LogP contribution in [0.2, 0.25) is 0 Å². The summed E-state index contributed by atoms with van der Waals surface area (Å²) in [5.41, 5.74) is 0.145. The van der Waals surface area contributed by atoms with Crippen LogP contribution in [0.25, 0.3) is 0 Å². The second-order valence-electron chi connectivity index (χ2n) is 4.48. The van der Waals surface area contributed by atoms with Gasteiger partial charge in [-0.2, -0.15) is 0 Å². The van der Waals surface area contributed by atoms with Gasteiger partial charge in [-0.25, -0.2) is 0 Å². The minimum Gasteiger partial charge on any atom is -0.496 e. The molecule has 0 spiro atoms. The molecule has 1 unspecified atom stereocenters. The highest BCUT2D eigenvalue weighted by Crippen LogP contribution is 2.23. The SMILES string of the molecule is C=CCNC(C)(Cc1ccccc1OC)C(=O)OC. The van der Waals surface area contributed by atoms with Crippen LogP contribution in [0.1, 0.15) is 12.5 Å². The first-order chi connectivity index (χ1) is 9.07. The van der Waals surface area contributed by atoms with E-state index >= 15 is 0 Å². The molecule has 0 amide bonds. The molecule has 0 bridgehead atoms. The maximum atomic E-state index is 12.0. The van der Waals surface area contributed by atoms with Gasteiger partial charge < -0.3 is 9.47 Å². The first-order valence-electron chi connectivity index (χ1n) is 6.13. The van der Waals surface area contributed by atoms with Crippen LogP contribution in [0.15, 0.2) is 36.9 Å². The lowest BCUT2D eigenvalue weighted by Gasteiger charge is -2.28. The molecule has 1 atom stereocenters. The summed E-state index contributed by atoms with van der Waals surface area (Å²) in [5, 5.41) is 3.15. The first-order valence-corrected chi connectivity index (χ1v) is 6.13. The average molecular weight is 263 g/mol. The van der Waals surface area contributed by atoms with Gasteiger partial charge in [0.1, 0.15) is 11.3 Å². The van der Waals surface area contributed by atoms with Crippen LogP contribution in [-0.2, 0) is 16.0 Å². The molecule has 0 aliphatic heterocycles. The van der Waals surface area contributed by atoms with Crippen LogP contribution in [-0.4, -0.2) is 32.3 Å². The number of hydrogen-bond donors (Lipinski definition) is 1. The zero-order valence-electron chi connectivity index (χ0n) is 11.7. The number of esters is 1. The molecule has 0 aliphatic carbocycles. The molecule has 4 nitrogen and oxygen atoms in total. The van der Waals surface area contributed by atoms with Crippen LogP contribution in [0.5, 0.6) is 5.75 Å². The summed E-state index contributed by atoms with van der Waals surface area (Å²) in [7, 11) is 3.00. The van der Waals surface area contributed by atoms with Gasteiger partial charge in [0.05, 0.1) is 14.2 Å². The molecular weight excluding hydrogens is 242 g/mol. The van der Waals surface area contributed by atoms with Crippen LogP contribution < -0.4 is 10.1 Å². The fourth-order valence-corrected chi connectivity index (χ4v) is 1.96. The van der Waals surface area contributed by atoms with Gasteiger partial charge in [0.15, 0.2) is 0 Å². The minimum atomic E-state index is -0.808. The van der Waals surface area contributed by atoms with Crippen LogP contribution in [0.4, 0.5) is 0 Å².